The van der Waals surface area contributed by atoms with Gasteiger partial charge in [-0.3, -0.25) is 14.9 Å². The molecule has 30 heavy (non-hydrogen) atoms. The normalized spacial score (nSPS) is 15.3. The number of benzene rings is 2. The average Bonchev–Trinajstić information content (AvgIpc) is 2.71. The standard InChI is InChI=1S/C21H19ClN2O6/c1-4-30-17-11-12(10-16(22)18(17)29-3)9-15-19(25)23-21(27)24(20(15)26)13-5-7-14(28-2)8-6-13/h5-11H,4H2,1-3H3,(H,23,25,27)/b15-9+. The number of urea groups is 1. The van der Waals surface area contributed by atoms with Gasteiger partial charge in [0.1, 0.15) is 11.3 Å². The van der Waals surface area contributed by atoms with E-state index in [2.05, 4.69) is 5.32 Å². The summed E-state index contributed by atoms with van der Waals surface area (Å²) in [5.74, 6) is -0.300. The van der Waals surface area contributed by atoms with Crippen molar-refractivity contribution in [2.24, 2.45) is 0 Å². The van der Waals surface area contributed by atoms with Crippen LogP contribution in [0.25, 0.3) is 6.08 Å². The monoisotopic (exact) mass is 430 g/mol. The van der Waals surface area contributed by atoms with Gasteiger partial charge in [-0.05, 0) is 55.0 Å². The second-order valence-electron chi connectivity index (χ2n) is 6.12. The summed E-state index contributed by atoms with van der Waals surface area (Å²) < 4.78 is 15.8. The molecule has 0 spiro atoms. The molecule has 8 nitrogen and oxygen atoms in total. The molecule has 156 valence electrons. The molecule has 4 amide bonds. The van der Waals surface area contributed by atoms with E-state index in [1.807, 2.05) is 0 Å². The SMILES string of the molecule is CCOc1cc(/C=C2\C(=O)NC(=O)N(c3ccc(OC)cc3)C2=O)cc(Cl)c1OC. The molecule has 0 aliphatic carbocycles. The van der Waals surface area contributed by atoms with Crippen LogP contribution in [0.3, 0.4) is 0 Å². The molecule has 3 rings (SSSR count). The van der Waals surface area contributed by atoms with Gasteiger partial charge in [-0.1, -0.05) is 11.6 Å². The van der Waals surface area contributed by atoms with E-state index in [1.54, 1.807) is 37.3 Å². The summed E-state index contributed by atoms with van der Waals surface area (Å²) in [5, 5.41) is 2.42. The maximum absolute atomic E-state index is 13.0. The van der Waals surface area contributed by atoms with E-state index in [-0.39, 0.29) is 10.6 Å². The first-order valence-corrected chi connectivity index (χ1v) is 9.33. The lowest BCUT2D eigenvalue weighted by Gasteiger charge is -2.26. The minimum atomic E-state index is -0.838. The Morgan fingerprint density at radius 2 is 1.77 bits per heavy atom. The van der Waals surface area contributed by atoms with Crippen molar-refractivity contribution in [2.75, 3.05) is 25.7 Å². The van der Waals surface area contributed by atoms with Crippen molar-refractivity contribution in [3.63, 3.8) is 0 Å². The van der Waals surface area contributed by atoms with E-state index in [0.717, 1.165) is 4.90 Å². The second-order valence-corrected chi connectivity index (χ2v) is 6.53. The fourth-order valence-corrected chi connectivity index (χ4v) is 3.22. The molecule has 1 aliphatic heterocycles. The van der Waals surface area contributed by atoms with Gasteiger partial charge in [0, 0.05) is 0 Å². The third-order valence-electron chi connectivity index (χ3n) is 4.28. The number of carbonyl (C=O) groups is 3. The highest BCUT2D eigenvalue weighted by Crippen LogP contribution is 2.37. The first kappa shape index (κ1) is 21.2. The number of nitrogens with one attached hydrogen (secondary N) is 1. The lowest BCUT2D eigenvalue weighted by molar-refractivity contribution is -0.122. The van der Waals surface area contributed by atoms with Gasteiger partial charge in [-0.2, -0.15) is 0 Å². The number of rotatable bonds is 6. The van der Waals surface area contributed by atoms with Crippen molar-refractivity contribution >= 4 is 41.2 Å². The first-order chi connectivity index (χ1) is 14.4. The van der Waals surface area contributed by atoms with Crippen LogP contribution in [0.15, 0.2) is 42.0 Å². The molecule has 1 fully saturated rings. The third kappa shape index (κ3) is 4.08. The molecule has 2 aromatic carbocycles. The number of hydrogen-bond donors (Lipinski definition) is 1. The van der Waals surface area contributed by atoms with E-state index in [9.17, 15) is 14.4 Å². The van der Waals surface area contributed by atoms with E-state index in [4.69, 9.17) is 25.8 Å². The van der Waals surface area contributed by atoms with Crippen molar-refractivity contribution < 1.29 is 28.6 Å². The Kier molecular flexibility index (Phi) is 6.27. The fourth-order valence-electron chi connectivity index (χ4n) is 2.92. The lowest BCUT2D eigenvalue weighted by atomic mass is 10.1. The smallest absolute Gasteiger partial charge is 0.335 e. The van der Waals surface area contributed by atoms with Crippen LogP contribution in [0.1, 0.15) is 12.5 Å². The number of anilines is 1. The van der Waals surface area contributed by atoms with E-state index >= 15 is 0 Å². The number of amides is 4. The van der Waals surface area contributed by atoms with Crippen molar-refractivity contribution in [1.82, 2.24) is 5.32 Å². The molecule has 1 saturated heterocycles. The van der Waals surface area contributed by atoms with Gasteiger partial charge in [0.2, 0.25) is 0 Å². The summed E-state index contributed by atoms with van der Waals surface area (Å²) in [6.45, 7) is 2.17. The molecular formula is C21H19ClN2O6. The summed E-state index contributed by atoms with van der Waals surface area (Å²) in [5.41, 5.74) is 0.500. The molecule has 0 atom stereocenters. The van der Waals surface area contributed by atoms with Crippen molar-refractivity contribution in [3.05, 3.63) is 52.6 Å². The molecule has 1 N–H and O–H groups in total. The number of imide groups is 2. The zero-order valence-electron chi connectivity index (χ0n) is 16.5. The highest BCUT2D eigenvalue weighted by molar-refractivity contribution is 6.39. The maximum atomic E-state index is 13.0. The van der Waals surface area contributed by atoms with Crippen LogP contribution in [-0.2, 0) is 9.59 Å². The Morgan fingerprint density at radius 1 is 1.07 bits per heavy atom. The minimum Gasteiger partial charge on any atom is -0.497 e. The van der Waals surface area contributed by atoms with Gasteiger partial charge in [0.15, 0.2) is 11.5 Å². The zero-order chi connectivity index (χ0) is 21.8. The van der Waals surface area contributed by atoms with Crippen molar-refractivity contribution in [1.29, 1.82) is 0 Å². The number of carbonyl (C=O) groups excluding carboxylic acids is 3. The number of ether oxygens (including phenoxy) is 3. The van der Waals surface area contributed by atoms with E-state index in [1.165, 1.54) is 26.4 Å². The number of methoxy groups -OCH3 is 2. The van der Waals surface area contributed by atoms with Crippen LogP contribution in [0, 0.1) is 0 Å². The lowest BCUT2D eigenvalue weighted by Crippen LogP contribution is -2.54. The van der Waals surface area contributed by atoms with Crippen molar-refractivity contribution in [3.8, 4) is 17.2 Å². The second kappa shape index (κ2) is 8.87. The predicted octanol–water partition coefficient (Wildman–Crippen LogP) is 3.42. The first-order valence-electron chi connectivity index (χ1n) is 8.95. The molecule has 0 radical (unpaired) electrons. The third-order valence-corrected chi connectivity index (χ3v) is 4.56. The molecule has 0 unspecified atom stereocenters. The van der Waals surface area contributed by atoms with Crippen LogP contribution in [0.4, 0.5) is 10.5 Å². The van der Waals surface area contributed by atoms with Crippen molar-refractivity contribution in [2.45, 2.75) is 6.92 Å². The average molecular weight is 431 g/mol. The molecule has 0 aromatic heterocycles. The van der Waals surface area contributed by atoms with Gasteiger partial charge in [0.05, 0.1) is 31.5 Å². The molecule has 1 heterocycles. The summed E-state index contributed by atoms with van der Waals surface area (Å²) in [6.07, 6.45) is 1.34. The van der Waals surface area contributed by atoms with Gasteiger partial charge < -0.3 is 14.2 Å². The number of nitrogens with zero attached hydrogens (tertiary/aromatic N) is 1. The number of barbiturate groups is 1. The summed E-state index contributed by atoms with van der Waals surface area (Å²) >= 11 is 6.24. The maximum Gasteiger partial charge on any atom is 0.335 e. The Labute approximate surface area is 178 Å². The van der Waals surface area contributed by atoms with E-state index in [0.29, 0.717) is 35.1 Å². The summed E-state index contributed by atoms with van der Waals surface area (Å²) in [6, 6.07) is 8.58. The van der Waals surface area contributed by atoms with Crippen LogP contribution in [0.2, 0.25) is 5.02 Å². The Morgan fingerprint density at radius 3 is 2.37 bits per heavy atom. The molecular weight excluding hydrogens is 412 g/mol. The molecule has 9 heteroatoms. The number of halogens is 1. The van der Waals surface area contributed by atoms with Gasteiger partial charge >= 0.3 is 6.03 Å². The minimum absolute atomic E-state index is 0.228. The fraction of sp³-hybridized carbons (Fsp3) is 0.190. The quantitative estimate of drug-likeness (QED) is 0.557. The summed E-state index contributed by atoms with van der Waals surface area (Å²) in [7, 11) is 2.96. The molecule has 1 aliphatic rings. The molecule has 2 aromatic rings. The summed E-state index contributed by atoms with van der Waals surface area (Å²) in [4.78, 5) is 38.5. The Hall–Kier alpha value is -3.52. The molecule has 0 saturated carbocycles. The number of hydrogen-bond acceptors (Lipinski definition) is 6. The Bertz CT molecular complexity index is 1030. The molecule has 0 bridgehead atoms. The Balaban J connectivity index is 2.02. The topological polar surface area (TPSA) is 94.2 Å². The van der Waals surface area contributed by atoms with Crippen LogP contribution in [-0.4, -0.2) is 38.7 Å². The highest BCUT2D eigenvalue weighted by Gasteiger charge is 2.36. The van der Waals surface area contributed by atoms with Gasteiger partial charge in [-0.15, -0.1) is 0 Å². The van der Waals surface area contributed by atoms with Crippen LogP contribution < -0.4 is 24.4 Å². The van der Waals surface area contributed by atoms with Gasteiger partial charge in [0.25, 0.3) is 11.8 Å². The van der Waals surface area contributed by atoms with Gasteiger partial charge in [-0.25, -0.2) is 9.69 Å². The van der Waals surface area contributed by atoms with E-state index < -0.39 is 17.8 Å². The van der Waals surface area contributed by atoms with Crippen LogP contribution in [0.5, 0.6) is 17.2 Å². The predicted molar refractivity (Wildman–Crippen MR) is 111 cm³/mol. The van der Waals surface area contributed by atoms with Crippen LogP contribution >= 0.6 is 11.6 Å². The largest absolute Gasteiger partial charge is 0.497 e. The zero-order valence-corrected chi connectivity index (χ0v) is 17.3. The highest BCUT2D eigenvalue weighted by atomic mass is 35.5.